The summed E-state index contributed by atoms with van der Waals surface area (Å²) in [5, 5.41) is 6.40. The van der Waals surface area contributed by atoms with Gasteiger partial charge >= 0.3 is 6.03 Å². The number of thioether (sulfide) groups is 1. The van der Waals surface area contributed by atoms with Gasteiger partial charge in [0.15, 0.2) is 0 Å². The second-order valence-corrected chi connectivity index (χ2v) is 10.9. The minimum absolute atomic E-state index is 0.123. The Labute approximate surface area is 213 Å². The molecule has 2 N–H and O–H groups in total. The van der Waals surface area contributed by atoms with E-state index in [9.17, 15) is 14.4 Å². The fraction of sp³-hybridized carbons (Fsp3) is 0.423. The SMILES string of the molecule is C=CC(=O)N1CCCC(NC(=O)[C@@H]2Sc3nccc4c3C2NC(=O)N4c2ccnc(C3CCC3)c2)C1. The Bertz CT molecular complexity index is 1250. The fourth-order valence-electron chi connectivity index (χ4n) is 5.49. The molecule has 1 saturated heterocycles. The first-order chi connectivity index (χ1) is 17.5. The lowest BCUT2D eigenvalue weighted by Gasteiger charge is -2.36. The third kappa shape index (κ3) is 3.93. The summed E-state index contributed by atoms with van der Waals surface area (Å²) in [6.45, 7) is 4.69. The zero-order chi connectivity index (χ0) is 24.8. The first-order valence-corrected chi connectivity index (χ1v) is 13.4. The number of hydrogen-bond acceptors (Lipinski definition) is 6. The third-order valence-corrected chi connectivity index (χ3v) is 8.85. The Balaban J connectivity index is 1.24. The quantitative estimate of drug-likeness (QED) is 0.605. The number of hydrogen-bond donors (Lipinski definition) is 2. The molecule has 1 saturated carbocycles. The lowest BCUT2D eigenvalue weighted by molar-refractivity contribution is -0.129. The molecule has 9 nitrogen and oxygen atoms in total. The Morgan fingerprint density at radius 3 is 2.78 bits per heavy atom. The lowest BCUT2D eigenvalue weighted by Crippen LogP contribution is -2.53. The van der Waals surface area contributed by atoms with Gasteiger partial charge in [0.1, 0.15) is 10.3 Å². The summed E-state index contributed by atoms with van der Waals surface area (Å²) < 4.78 is 0. The monoisotopic (exact) mass is 504 g/mol. The molecule has 186 valence electrons. The van der Waals surface area contributed by atoms with Gasteiger partial charge in [-0.25, -0.2) is 9.78 Å². The van der Waals surface area contributed by atoms with E-state index < -0.39 is 11.3 Å². The minimum atomic E-state index is -0.534. The number of amides is 4. The largest absolute Gasteiger partial charge is 0.351 e. The number of piperidine rings is 1. The van der Waals surface area contributed by atoms with Gasteiger partial charge in [0.25, 0.3) is 0 Å². The number of anilines is 2. The summed E-state index contributed by atoms with van der Waals surface area (Å²) in [5.41, 5.74) is 3.41. The van der Waals surface area contributed by atoms with E-state index in [2.05, 4.69) is 27.2 Å². The number of pyridine rings is 2. The molecule has 0 radical (unpaired) electrons. The molecule has 3 atom stereocenters. The van der Waals surface area contributed by atoms with Crippen molar-refractivity contribution in [3.63, 3.8) is 0 Å². The summed E-state index contributed by atoms with van der Waals surface area (Å²) in [7, 11) is 0. The molecule has 2 aromatic rings. The summed E-state index contributed by atoms with van der Waals surface area (Å²) in [5.74, 6) is 0.174. The van der Waals surface area contributed by atoms with E-state index in [0.717, 1.165) is 53.3 Å². The van der Waals surface area contributed by atoms with Gasteiger partial charge in [-0.1, -0.05) is 24.8 Å². The molecule has 2 aromatic heterocycles. The minimum Gasteiger partial charge on any atom is -0.351 e. The molecule has 0 aromatic carbocycles. The van der Waals surface area contributed by atoms with Gasteiger partial charge in [0, 0.05) is 48.7 Å². The van der Waals surface area contributed by atoms with Crippen LogP contribution in [-0.2, 0) is 9.59 Å². The summed E-state index contributed by atoms with van der Waals surface area (Å²) in [4.78, 5) is 51.3. The van der Waals surface area contributed by atoms with Crippen molar-refractivity contribution in [3.05, 3.63) is 54.5 Å². The number of nitrogens with zero attached hydrogens (tertiary/aromatic N) is 4. The van der Waals surface area contributed by atoms with Gasteiger partial charge in [-0.15, -0.1) is 0 Å². The second-order valence-electron chi connectivity index (χ2n) is 9.75. The number of nitrogens with one attached hydrogen (secondary N) is 2. The van der Waals surface area contributed by atoms with Gasteiger partial charge in [-0.3, -0.25) is 19.5 Å². The summed E-state index contributed by atoms with van der Waals surface area (Å²) in [6.07, 6.45) is 9.85. The van der Waals surface area contributed by atoms with E-state index in [1.807, 2.05) is 18.2 Å². The molecule has 10 heteroatoms. The van der Waals surface area contributed by atoms with Gasteiger partial charge in [0.05, 0.1) is 17.4 Å². The second kappa shape index (κ2) is 9.24. The zero-order valence-corrected chi connectivity index (χ0v) is 20.7. The molecule has 6 rings (SSSR count). The highest BCUT2D eigenvalue weighted by atomic mass is 32.2. The smallest absolute Gasteiger partial charge is 0.327 e. The van der Waals surface area contributed by atoms with Gasteiger partial charge in [-0.05, 0) is 50.0 Å². The van der Waals surface area contributed by atoms with Crippen molar-refractivity contribution in [1.29, 1.82) is 0 Å². The molecule has 1 aliphatic carbocycles. The molecule has 2 fully saturated rings. The number of likely N-dealkylation sites (tertiary alicyclic amines) is 1. The van der Waals surface area contributed by atoms with E-state index in [0.29, 0.717) is 19.0 Å². The maximum Gasteiger partial charge on any atom is 0.327 e. The van der Waals surface area contributed by atoms with E-state index in [1.54, 1.807) is 22.2 Å². The van der Waals surface area contributed by atoms with Crippen molar-refractivity contribution >= 4 is 41.0 Å². The highest BCUT2D eigenvalue weighted by Gasteiger charge is 2.47. The van der Waals surface area contributed by atoms with Crippen molar-refractivity contribution in [3.8, 4) is 0 Å². The Kier molecular flexibility index (Phi) is 5.91. The van der Waals surface area contributed by atoms with Crippen LogP contribution in [-0.4, -0.2) is 57.1 Å². The van der Waals surface area contributed by atoms with E-state index in [1.165, 1.54) is 24.3 Å². The van der Waals surface area contributed by atoms with Gasteiger partial charge in [-0.2, -0.15) is 0 Å². The molecule has 0 spiro atoms. The van der Waals surface area contributed by atoms with Crippen LogP contribution in [0.1, 0.15) is 55.3 Å². The average Bonchev–Trinajstić information content (AvgIpc) is 3.22. The van der Waals surface area contributed by atoms with Crippen molar-refractivity contribution in [1.82, 2.24) is 25.5 Å². The predicted octanol–water partition coefficient (Wildman–Crippen LogP) is 3.41. The number of urea groups is 1. The van der Waals surface area contributed by atoms with Crippen LogP contribution in [0.4, 0.5) is 16.2 Å². The highest BCUT2D eigenvalue weighted by Crippen LogP contribution is 2.50. The Morgan fingerprint density at radius 2 is 2.00 bits per heavy atom. The van der Waals surface area contributed by atoms with Gasteiger partial charge < -0.3 is 15.5 Å². The Hall–Kier alpha value is -3.40. The van der Waals surface area contributed by atoms with Crippen LogP contribution in [0.2, 0.25) is 0 Å². The zero-order valence-electron chi connectivity index (χ0n) is 19.9. The van der Waals surface area contributed by atoms with E-state index in [4.69, 9.17) is 0 Å². The van der Waals surface area contributed by atoms with Crippen molar-refractivity contribution in [2.75, 3.05) is 18.0 Å². The van der Waals surface area contributed by atoms with Crippen molar-refractivity contribution < 1.29 is 14.4 Å². The average molecular weight is 505 g/mol. The molecule has 4 aliphatic rings. The molecule has 5 heterocycles. The van der Waals surface area contributed by atoms with E-state index in [-0.39, 0.29) is 23.9 Å². The summed E-state index contributed by atoms with van der Waals surface area (Å²) >= 11 is 1.38. The number of rotatable bonds is 5. The van der Waals surface area contributed by atoms with Crippen LogP contribution in [0.3, 0.4) is 0 Å². The third-order valence-electron chi connectivity index (χ3n) is 7.56. The normalized spacial score (nSPS) is 25.0. The maximum absolute atomic E-state index is 13.4. The van der Waals surface area contributed by atoms with Crippen LogP contribution in [0.5, 0.6) is 0 Å². The number of carbonyl (C=O) groups is 3. The summed E-state index contributed by atoms with van der Waals surface area (Å²) in [6, 6.07) is 4.82. The molecule has 3 aliphatic heterocycles. The maximum atomic E-state index is 13.4. The first-order valence-electron chi connectivity index (χ1n) is 12.5. The van der Waals surface area contributed by atoms with Crippen molar-refractivity contribution in [2.24, 2.45) is 0 Å². The molecule has 0 bridgehead atoms. The van der Waals surface area contributed by atoms with Gasteiger partial charge in [0.2, 0.25) is 11.8 Å². The highest BCUT2D eigenvalue weighted by molar-refractivity contribution is 8.01. The molecule has 2 unspecified atom stereocenters. The lowest BCUT2D eigenvalue weighted by atomic mass is 9.82. The van der Waals surface area contributed by atoms with E-state index >= 15 is 0 Å². The van der Waals surface area contributed by atoms with Crippen molar-refractivity contribution in [2.45, 2.75) is 60.4 Å². The fourth-order valence-corrected chi connectivity index (χ4v) is 6.73. The van der Waals surface area contributed by atoms with Crippen LogP contribution in [0.15, 0.2) is 48.3 Å². The van der Waals surface area contributed by atoms with Crippen LogP contribution < -0.4 is 15.5 Å². The molecular formula is C26H28N6O3S. The Morgan fingerprint density at radius 1 is 1.17 bits per heavy atom. The first kappa shape index (κ1) is 23.0. The van der Waals surface area contributed by atoms with Crippen LogP contribution in [0, 0.1) is 0 Å². The number of aromatic nitrogens is 2. The predicted molar refractivity (Wildman–Crippen MR) is 136 cm³/mol. The molecular weight excluding hydrogens is 476 g/mol. The topological polar surface area (TPSA) is 108 Å². The number of carbonyl (C=O) groups excluding carboxylic acids is 3. The van der Waals surface area contributed by atoms with Crippen LogP contribution in [0.25, 0.3) is 0 Å². The molecule has 4 amide bonds. The molecule has 36 heavy (non-hydrogen) atoms. The standard InChI is InChI=1S/C26H28N6O3S/c1-2-20(33)31-12-4-7-16(14-31)29-24(34)23-22-21-19(9-11-28-25(21)36-23)32(26(35)30-22)17-8-10-27-18(13-17)15-5-3-6-15/h2,8-11,13,15-16,22-23H,1,3-7,12,14H2,(H,29,34)(H,30,35)/t16?,22?,23-/m1/s1. The van der Waals surface area contributed by atoms with Crippen LogP contribution >= 0.6 is 11.8 Å².